The number of pyridine rings is 1. The zero-order valence-corrected chi connectivity index (χ0v) is 12.1. The largest absolute Gasteiger partial charge is 0.363 e. The van der Waals surface area contributed by atoms with E-state index in [1.165, 1.54) is 31.5 Å². The zero-order valence-electron chi connectivity index (χ0n) is 12.1. The molecule has 1 aliphatic rings. The molecule has 0 aliphatic carbocycles. The summed E-state index contributed by atoms with van der Waals surface area (Å²) in [6.07, 6.45) is 4.59. The van der Waals surface area contributed by atoms with Gasteiger partial charge in [-0.25, -0.2) is 4.98 Å². The summed E-state index contributed by atoms with van der Waals surface area (Å²) < 4.78 is 0. The van der Waals surface area contributed by atoms with Gasteiger partial charge in [0.1, 0.15) is 5.82 Å². The highest BCUT2D eigenvalue weighted by atomic mass is 15.1. The Hall–Kier alpha value is -1.09. The Morgan fingerprint density at radius 2 is 1.89 bits per heavy atom. The smallest absolute Gasteiger partial charge is 0.127 e. The lowest BCUT2D eigenvalue weighted by molar-refractivity contribution is 0.172. The highest BCUT2D eigenvalue weighted by molar-refractivity contribution is 5.37. The molecule has 0 aromatic carbocycles. The van der Waals surface area contributed by atoms with Crippen molar-refractivity contribution >= 4 is 5.82 Å². The topological polar surface area (TPSA) is 19.4 Å². The zero-order chi connectivity index (χ0) is 13.1. The number of nitrogens with zero attached hydrogens (tertiary/aromatic N) is 3. The van der Waals surface area contributed by atoms with Gasteiger partial charge >= 0.3 is 0 Å². The van der Waals surface area contributed by atoms with Crippen LogP contribution in [0.2, 0.25) is 0 Å². The first-order chi connectivity index (χ1) is 8.58. The molecule has 0 saturated carbocycles. The van der Waals surface area contributed by atoms with Crippen molar-refractivity contribution in [3.05, 3.63) is 23.9 Å². The molecule has 3 nitrogen and oxygen atoms in total. The Labute approximate surface area is 111 Å². The van der Waals surface area contributed by atoms with Crippen LogP contribution < -0.4 is 4.90 Å². The average molecular weight is 247 g/mol. The summed E-state index contributed by atoms with van der Waals surface area (Å²) >= 11 is 0. The van der Waals surface area contributed by atoms with Crippen molar-refractivity contribution in [3.8, 4) is 0 Å². The molecule has 1 aromatic heterocycles. The maximum Gasteiger partial charge on any atom is 0.127 e. The Balaban J connectivity index is 1.97. The van der Waals surface area contributed by atoms with Crippen LogP contribution in [0, 0.1) is 0 Å². The van der Waals surface area contributed by atoms with Gasteiger partial charge in [-0.3, -0.25) is 0 Å². The summed E-state index contributed by atoms with van der Waals surface area (Å²) in [6.45, 7) is 7.01. The van der Waals surface area contributed by atoms with Gasteiger partial charge < -0.3 is 9.80 Å². The standard InChI is InChI=1S/C15H25N3/c1-12(2)18-9-7-13(8-10-18)14-5-6-15(16-11-14)17(3)4/h5-6,11-13H,7-10H2,1-4H3. The third-order valence-corrected chi connectivity index (χ3v) is 3.96. The lowest BCUT2D eigenvalue weighted by atomic mass is 9.90. The van der Waals surface area contributed by atoms with Crippen LogP contribution in [-0.4, -0.2) is 43.1 Å². The van der Waals surface area contributed by atoms with Crippen molar-refractivity contribution in [2.75, 3.05) is 32.1 Å². The number of hydrogen-bond donors (Lipinski definition) is 0. The van der Waals surface area contributed by atoms with Crippen LogP contribution in [-0.2, 0) is 0 Å². The van der Waals surface area contributed by atoms with E-state index in [9.17, 15) is 0 Å². The van der Waals surface area contributed by atoms with E-state index in [1.54, 1.807) is 0 Å². The minimum absolute atomic E-state index is 0.681. The quantitative estimate of drug-likeness (QED) is 0.818. The second-order valence-corrected chi connectivity index (χ2v) is 5.75. The summed E-state index contributed by atoms with van der Waals surface area (Å²) in [6, 6.07) is 5.06. The van der Waals surface area contributed by atoms with Gasteiger partial charge in [0.2, 0.25) is 0 Å². The molecule has 0 spiro atoms. The summed E-state index contributed by atoms with van der Waals surface area (Å²) in [5.74, 6) is 1.74. The van der Waals surface area contributed by atoms with Crippen molar-refractivity contribution in [2.24, 2.45) is 0 Å². The maximum absolute atomic E-state index is 4.52. The van der Waals surface area contributed by atoms with Gasteiger partial charge in [-0.15, -0.1) is 0 Å². The molecule has 2 rings (SSSR count). The highest BCUT2D eigenvalue weighted by Crippen LogP contribution is 2.28. The normalized spacial score (nSPS) is 18.3. The predicted octanol–water partition coefficient (Wildman–Crippen LogP) is 2.74. The van der Waals surface area contributed by atoms with Crippen molar-refractivity contribution in [1.29, 1.82) is 0 Å². The van der Waals surface area contributed by atoms with Crippen LogP contribution >= 0.6 is 0 Å². The summed E-state index contributed by atoms with van der Waals surface area (Å²) in [7, 11) is 4.06. The number of rotatable bonds is 3. The molecule has 100 valence electrons. The van der Waals surface area contributed by atoms with E-state index in [4.69, 9.17) is 0 Å². The van der Waals surface area contributed by atoms with Crippen LogP contribution in [0.4, 0.5) is 5.82 Å². The molecule has 1 aromatic rings. The first-order valence-corrected chi connectivity index (χ1v) is 6.95. The number of anilines is 1. The molecule has 0 bridgehead atoms. The highest BCUT2D eigenvalue weighted by Gasteiger charge is 2.22. The van der Waals surface area contributed by atoms with Crippen LogP contribution in [0.3, 0.4) is 0 Å². The van der Waals surface area contributed by atoms with Crippen molar-refractivity contribution < 1.29 is 0 Å². The number of piperidine rings is 1. The molecule has 3 heteroatoms. The van der Waals surface area contributed by atoms with Gasteiger partial charge in [-0.05, 0) is 57.3 Å². The van der Waals surface area contributed by atoms with Crippen LogP contribution in [0.25, 0.3) is 0 Å². The average Bonchev–Trinajstić information content (AvgIpc) is 2.39. The van der Waals surface area contributed by atoms with Gasteiger partial charge in [-0.2, -0.15) is 0 Å². The van der Waals surface area contributed by atoms with E-state index < -0.39 is 0 Å². The van der Waals surface area contributed by atoms with E-state index in [0.717, 1.165) is 5.82 Å². The third-order valence-electron chi connectivity index (χ3n) is 3.96. The molecule has 1 fully saturated rings. The lowest BCUT2D eigenvalue weighted by Crippen LogP contribution is -2.37. The van der Waals surface area contributed by atoms with Gasteiger partial charge in [0.15, 0.2) is 0 Å². The first-order valence-electron chi connectivity index (χ1n) is 6.95. The Kier molecular flexibility index (Phi) is 4.23. The second kappa shape index (κ2) is 5.70. The molecule has 0 amide bonds. The van der Waals surface area contributed by atoms with E-state index in [2.05, 4.69) is 42.1 Å². The monoisotopic (exact) mass is 247 g/mol. The molecule has 1 aliphatic heterocycles. The van der Waals surface area contributed by atoms with Crippen molar-refractivity contribution in [2.45, 2.75) is 38.6 Å². The molecule has 2 heterocycles. The predicted molar refractivity (Wildman–Crippen MR) is 77.2 cm³/mol. The van der Waals surface area contributed by atoms with Gasteiger partial charge in [-0.1, -0.05) is 6.07 Å². The SMILES string of the molecule is CC(C)N1CCC(c2ccc(N(C)C)nc2)CC1. The fraction of sp³-hybridized carbons (Fsp3) is 0.667. The molecule has 0 N–H and O–H groups in total. The Morgan fingerprint density at radius 3 is 2.33 bits per heavy atom. The molecular weight excluding hydrogens is 222 g/mol. The summed E-state index contributed by atoms with van der Waals surface area (Å²) in [4.78, 5) is 9.13. The molecule has 0 atom stereocenters. The van der Waals surface area contributed by atoms with E-state index in [-0.39, 0.29) is 0 Å². The van der Waals surface area contributed by atoms with Gasteiger partial charge in [0.05, 0.1) is 0 Å². The van der Waals surface area contributed by atoms with Gasteiger partial charge in [0.25, 0.3) is 0 Å². The van der Waals surface area contributed by atoms with E-state index in [0.29, 0.717) is 12.0 Å². The van der Waals surface area contributed by atoms with Crippen molar-refractivity contribution in [3.63, 3.8) is 0 Å². The third kappa shape index (κ3) is 3.02. The summed E-state index contributed by atoms with van der Waals surface area (Å²) in [5.41, 5.74) is 1.41. The maximum atomic E-state index is 4.52. The molecular formula is C15H25N3. The molecule has 0 unspecified atom stereocenters. The number of hydrogen-bond acceptors (Lipinski definition) is 3. The number of likely N-dealkylation sites (tertiary alicyclic amines) is 1. The van der Waals surface area contributed by atoms with Crippen LogP contribution in [0.5, 0.6) is 0 Å². The van der Waals surface area contributed by atoms with Gasteiger partial charge in [0, 0.05) is 26.3 Å². The first kappa shape index (κ1) is 13.3. The Morgan fingerprint density at radius 1 is 1.22 bits per heavy atom. The van der Waals surface area contributed by atoms with Crippen LogP contribution in [0.1, 0.15) is 38.2 Å². The molecule has 18 heavy (non-hydrogen) atoms. The molecule has 0 radical (unpaired) electrons. The number of aromatic nitrogens is 1. The summed E-state index contributed by atoms with van der Waals surface area (Å²) in [5, 5.41) is 0. The fourth-order valence-corrected chi connectivity index (χ4v) is 2.65. The second-order valence-electron chi connectivity index (χ2n) is 5.75. The molecule has 1 saturated heterocycles. The van der Waals surface area contributed by atoms with E-state index in [1.807, 2.05) is 19.0 Å². The fourth-order valence-electron chi connectivity index (χ4n) is 2.65. The minimum Gasteiger partial charge on any atom is -0.363 e. The van der Waals surface area contributed by atoms with Crippen molar-refractivity contribution in [1.82, 2.24) is 9.88 Å². The van der Waals surface area contributed by atoms with Crippen LogP contribution in [0.15, 0.2) is 18.3 Å². The Bertz CT molecular complexity index is 362. The lowest BCUT2D eigenvalue weighted by Gasteiger charge is -2.34. The minimum atomic E-state index is 0.681. The van der Waals surface area contributed by atoms with E-state index >= 15 is 0 Å².